The maximum atomic E-state index is 5.54. The van der Waals surface area contributed by atoms with Crippen LogP contribution in [0.15, 0.2) is 204 Å². The number of allylic oxidation sites excluding steroid dienone is 14. The van der Waals surface area contributed by atoms with E-state index in [4.69, 9.17) is 9.97 Å². The van der Waals surface area contributed by atoms with Gasteiger partial charge in [0.05, 0.1) is 16.8 Å². The number of nitrogens with zero attached hydrogens (tertiary/aromatic N) is 2. The molecule has 6 atom stereocenters. The van der Waals surface area contributed by atoms with Gasteiger partial charge in [-0.3, -0.25) is 0 Å². The Bertz CT molecular complexity index is 2970. The molecule has 1 fully saturated rings. The molecule has 6 aliphatic rings. The van der Waals surface area contributed by atoms with Gasteiger partial charge in [0.15, 0.2) is 0 Å². The first-order valence-corrected chi connectivity index (χ1v) is 21.3. The summed E-state index contributed by atoms with van der Waals surface area (Å²) in [5.74, 6) is 2.28. The van der Waals surface area contributed by atoms with Crippen LogP contribution in [-0.4, -0.2) is 9.97 Å². The Labute approximate surface area is 344 Å². The third kappa shape index (κ3) is 4.74. The minimum Gasteiger partial charge on any atom is -0.233 e. The molecule has 1 aromatic heterocycles. The van der Waals surface area contributed by atoms with Gasteiger partial charge in [0.25, 0.3) is 0 Å². The summed E-state index contributed by atoms with van der Waals surface area (Å²) in [6, 6.07) is 42.5. The molecule has 0 bridgehead atoms. The predicted octanol–water partition coefficient (Wildman–Crippen LogP) is 13.4. The molecule has 1 spiro atoms. The number of hydrogen-bond acceptors (Lipinski definition) is 3. The molecule has 6 aromatic rings. The Morgan fingerprint density at radius 1 is 0.690 bits per heavy atom. The molecule has 1 aliphatic heterocycles. The zero-order chi connectivity index (χ0) is 38.5. The molecule has 276 valence electrons. The quantitative estimate of drug-likeness (QED) is 0.164. The molecular formula is C55H40N2S. The predicted molar refractivity (Wildman–Crippen MR) is 241 cm³/mol. The van der Waals surface area contributed by atoms with Crippen LogP contribution in [0.25, 0.3) is 44.8 Å². The third-order valence-corrected chi connectivity index (χ3v) is 14.9. The summed E-state index contributed by atoms with van der Waals surface area (Å²) in [4.78, 5) is 13.8. The highest BCUT2D eigenvalue weighted by Crippen LogP contribution is 2.73. The molecule has 2 nitrogen and oxygen atoms in total. The van der Waals surface area contributed by atoms with Crippen LogP contribution in [-0.2, 0) is 5.41 Å². The lowest BCUT2D eigenvalue weighted by atomic mass is 9.61. The Hall–Kier alpha value is -6.29. The first kappa shape index (κ1) is 33.8. The van der Waals surface area contributed by atoms with Crippen molar-refractivity contribution in [2.45, 2.75) is 23.2 Å². The van der Waals surface area contributed by atoms with Crippen LogP contribution < -0.4 is 0 Å². The number of thioether (sulfide) groups is 1. The highest BCUT2D eigenvalue weighted by Gasteiger charge is 2.64. The van der Waals surface area contributed by atoms with Crippen LogP contribution >= 0.6 is 11.8 Å². The first-order valence-electron chi connectivity index (χ1n) is 20.5. The largest absolute Gasteiger partial charge is 0.233 e. The minimum absolute atomic E-state index is 0.147. The molecule has 0 amide bonds. The summed E-state index contributed by atoms with van der Waals surface area (Å²) in [5, 5.41) is 2.63. The molecule has 5 aliphatic carbocycles. The van der Waals surface area contributed by atoms with Crippen molar-refractivity contribution in [2.24, 2.45) is 23.7 Å². The smallest absolute Gasteiger partial charge is 0.134 e. The number of aromatic nitrogens is 2. The second-order valence-electron chi connectivity index (χ2n) is 16.4. The van der Waals surface area contributed by atoms with Crippen LogP contribution in [0.2, 0.25) is 0 Å². The lowest BCUT2D eigenvalue weighted by Gasteiger charge is -2.46. The summed E-state index contributed by atoms with van der Waals surface area (Å²) < 4.78 is 0. The SMILES string of the molecule is C=C/C=C\c1nc(C2C3C=CC4=C(C32)C2(C3=C(Sc5c2ccc2ccccc52)C2C=CC=CC2C=C3)c2ccccc24)nc(-c2ccc(-c3ccccc3)cc2)c1C. The monoisotopic (exact) mass is 760 g/mol. The number of rotatable bonds is 5. The molecule has 0 N–H and O–H groups in total. The molecule has 3 heteroatoms. The fraction of sp³-hybridized carbons (Fsp3) is 0.127. The molecular weight excluding hydrogens is 721 g/mol. The van der Waals surface area contributed by atoms with Gasteiger partial charge < -0.3 is 0 Å². The van der Waals surface area contributed by atoms with Gasteiger partial charge in [0.1, 0.15) is 5.82 Å². The van der Waals surface area contributed by atoms with Crippen molar-refractivity contribution in [3.63, 3.8) is 0 Å². The van der Waals surface area contributed by atoms with E-state index < -0.39 is 5.41 Å². The van der Waals surface area contributed by atoms with Crippen molar-refractivity contribution in [3.05, 3.63) is 232 Å². The van der Waals surface area contributed by atoms with Crippen molar-refractivity contribution in [1.82, 2.24) is 9.97 Å². The summed E-state index contributed by atoms with van der Waals surface area (Å²) in [7, 11) is 0. The van der Waals surface area contributed by atoms with Crippen LogP contribution in [0.1, 0.15) is 39.7 Å². The fourth-order valence-corrected chi connectivity index (χ4v) is 12.4. The van der Waals surface area contributed by atoms with Gasteiger partial charge in [-0.15, -0.1) is 0 Å². The molecule has 58 heavy (non-hydrogen) atoms. The zero-order valence-electron chi connectivity index (χ0n) is 32.2. The van der Waals surface area contributed by atoms with Gasteiger partial charge in [-0.05, 0) is 80.1 Å². The van der Waals surface area contributed by atoms with Crippen LogP contribution in [0.5, 0.6) is 0 Å². The first-order chi connectivity index (χ1) is 28.6. The van der Waals surface area contributed by atoms with Gasteiger partial charge in [-0.2, -0.15) is 0 Å². The minimum atomic E-state index is -0.433. The summed E-state index contributed by atoms with van der Waals surface area (Å²) in [5.41, 5.74) is 14.6. The van der Waals surface area contributed by atoms with E-state index in [1.165, 1.54) is 65.1 Å². The highest BCUT2D eigenvalue weighted by atomic mass is 32.2. The van der Waals surface area contributed by atoms with Crippen LogP contribution in [0.4, 0.5) is 0 Å². The van der Waals surface area contributed by atoms with Crippen LogP contribution in [0, 0.1) is 30.6 Å². The lowest BCUT2D eigenvalue weighted by molar-refractivity contribution is 0.593. The van der Waals surface area contributed by atoms with E-state index >= 15 is 0 Å². The molecule has 5 aromatic carbocycles. The van der Waals surface area contributed by atoms with Gasteiger partial charge in [-0.25, -0.2) is 9.97 Å². The molecule has 2 heterocycles. The lowest BCUT2D eigenvalue weighted by Crippen LogP contribution is -2.37. The summed E-state index contributed by atoms with van der Waals surface area (Å²) >= 11 is 2.02. The fourth-order valence-electron chi connectivity index (χ4n) is 10.8. The van der Waals surface area contributed by atoms with E-state index in [1.807, 2.05) is 23.9 Å². The summed E-state index contributed by atoms with van der Waals surface area (Å²) in [6.45, 7) is 6.14. The average molecular weight is 761 g/mol. The normalized spacial score (nSPS) is 25.4. The van der Waals surface area contributed by atoms with Crippen molar-refractivity contribution in [1.29, 1.82) is 0 Å². The van der Waals surface area contributed by atoms with E-state index in [0.29, 0.717) is 17.8 Å². The molecule has 0 radical (unpaired) electrons. The third-order valence-electron chi connectivity index (χ3n) is 13.5. The second-order valence-corrected chi connectivity index (χ2v) is 17.4. The number of hydrogen-bond donors (Lipinski definition) is 0. The summed E-state index contributed by atoms with van der Waals surface area (Å²) in [6.07, 6.45) is 25.1. The van der Waals surface area contributed by atoms with Gasteiger partial charge in [0, 0.05) is 38.7 Å². The average Bonchev–Trinajstić information content (AvgIpc) is 3.95. The molecule has 1 saturated carbocycles. The van der Waals surface area contributed by atoms with Crippen LogP contribution in [0.3, 0.4) is 0 Å². The van der Waals surface area contributed by atoms with E-state index in [-0.39, 0.29) is 11.8 Å². The van der Waals surface area contributed by atoms with Crippen molar-refractivity contribution < 1.29 is 0 Å². The Kier molecular flexibility index (Phi) is 7.50. The zero-order valence-corrected chi connectivity index (χ0v) is 33.0. The Morgan fingerprint density at radius 2 is 1.47 bits per heavy atom. The van der Waals surface area contributed by atoms with E-state index in [2.05, 4.69) is 183 Å². The van der Waals surface area contributed by atoms with Gasteiger partial charge in [-0.1, -0.05) is 194 Å². The van der Waals surface area contributed by atoms with E-state index in [0.717, 1.165) is 28.3 Å². The van der Waals surface area contributed by atoms with Gasteiger partial charge >= 0.3 is 0 Å². The molecule has 12 rings (SSSR count). The van der Waals surface area contributed by atoms with E-state index in [9.17, 15) is 0 Å². The maximum Gasteiger partial charge on any atom is 0.134 e. The highest BCUT2D eigenvalue weighted by molar-refractivity contribution is 8.03. The van der Waals surface area contributed by atoms with Crippen molar-refractivity contribution in [3.8, 4) is 22.4 Å². The van der Waals surface area contributed by atoms with Crippen molar-refractivity contribution in [2.75, 3.05) is 0 Å². The van der Waals surface area contributed by atoms with E-state index in [1.54, 1.807) is 0 Å². The Morgan fingerprint density at radius 3 is 2.34 bits per heavy atom. The Balaban J connectivity index is 1.06. The van der Waals surface area contributed by atoms with Gasteiger partial charge in [0.2, 0.25) is 0 Å². The molecule has 0 saturated heterocycles. The number of fused-ring (bicyclic) bond motifs is 13. The topological polar surface area (TPSA) is 25.8 Å². The standard InChI is InChI=1S/C55H40N2S/c1-3-4-22-47-33(2)51(38-25-23-35(24-26-38)34-14-6-5-7-15-34)57-54(56-47)49-43-30-29-42-41-20-12-13-21-44(41)55(50(42)48(43)49)45-31-27-36-16-8-10-18-39(36)52(45)58-53-40-19-11-9-17-37(40)28-32-46(53)55/h3-32,36,39,43,48-49H,1H2,2H3/b22-4-. The maximum absolute atomic E-state index is 5.54. The molecule has 6 unspecified atom stereocenters. The van der Waals surface area contributed by atoms with Crippen molar-refractivity contribution >= 4 is 34.2 Å². The second kappa shape index (κ2) is 12.9. The number of benzene rings is 5.